The summed E-state index contributed by atoms with van der Waals surface area (Å²) in [6, 6.07) is 19.3. The van der Waals surface area contributed by atoms with E-state index in [1.165, 1.54) is 5.56 Å². The normalized spacial score (nSPS) is 13.7. The molecule has 2 heterocycles. The molecule has 0 bridgehead atoms. The van der Waals surface area contributed by atoms with Crippen molar-refractivity contribution in [3.05, 3.63) is 93.8 Å². The van der Waals surface area contributed by atoms with Crippen LogP contribution in [0.25, 0.3) is 11.0 Å². The number of hydrogen-bond acceptors (Lipinski definition) is 4. The molecule has 8 nitrogen and oxygen atoms in total. The number of nitrogens with zero attached hydrogens (tertiary/aromatic N) is 3. The van der Waals surface area contributed by atoms with E-state index in [1.807, 2.05) is 63.1 Å². The first kappa shape index (κ1) is 36.7. The molecule has 1 fully saturated rings. The van der Waals surface area contributed by atoms with Gasteiger partial charge in [-0.2, -0.15) is 0 Å². The molecule has 1 aliphatic rings. The van der Waals surface area contributed by atoms with Gasteiger partial charge in [-0.1, -0.05) is 89.5 Å². The summed E-state index contributed by atoms with van der Waals surface area (Å²) in [6.07, 6.45) is 2.96. The maximum absolute atomic E-state index is 13.4. The fraction of sp³-hybridized carbons (Fsp3) is 0.436. The Kier molecular flexibility index (Phi) is 12.1. The van der Waals surface area contributed by atoms with Crippen LogP contribution in [0.5, 0.6) is 0 Å². The van der Waals surface area contributed by atoms with Crippen molar-refractivity contribution >= 4 is 46.0 Å². The summed E-state index contributed by atoms with van der Waals surface area (Å²) in [4.78, 5) is 32.7. The number of aromatic nitrogens is 2. The van der Waals surface area contributed by atoms with Gasteiger partial charge in [0.25, 0.3) is 5.91 Å². The molecule has 0 atom stereocenters. The highest BCUT2D eigenvalue weighted by Gasteiger charge is 2.29. The van der Waals surface area contributed by atoms with Crippen LogP contribution in [0.3, 0.4) is 0 Å². The lowest BCUT2D eigenvalue weighted by molar-refractivity contribution is 0.0709. The van der Waals surface area contributed by atoms with E-state index in [0.717, 1.165) is 40.8 Å². The van der Waals surface area contributed by atoms with Crippen LogP contribution in [0.15, 0.2) is 60.7 Å². The van der Waals surface area contributed by atoms with E-state index < -0.39 is 0 Å². The number of anilines is 1. The SMILES string of the molecule is CC.Cc1cccc(NC(=O)NC2CCN(C(=O)c3ccc4c(c3)nc(CCc3ccc(C(=N)C(C)(C)C(C)C)cc3)n4C)CC2)c1Cl. The highest BCUT2D eigenvalue weighted by Crippen LogP contribution is 2.31. The predicted octanol–water partition coefficient (Wildman–Crippen LogP) is 8.82. The summed E-state index contributed by atoms with van der Waals surface area (Å²) in [5.74, 6) is 1.33. The van der Waals surface area contributed by atoms with Gasteiger partial charge in [0.1, 0.15) is 5.82 Å². The zero-order valence-corrected chi connectivity index (χ0v) is 30.5. The Morgan fingerprint density at radius 2 is 1.65 bits per heavy atom. The van der Waals surface area contributed by atoms with Crippen LogP contribution in [0, 0.1) is 23.7 Å². The molecule has 0 spiro atoms. The summed E-state index contributed by atoms with van der Waals surface area (Å²) in [7, 11) is 2.02. The molecule has 0 radical (unpaired) electrons. The number of aryl methyl sites for hydroxylation is 4. The molecule has 9 heteroatoms. The minimum Gasteiger partial charge on any atom is -0.338 e. The van der Waals surface area contributed by atoms with Gasteiger partial charge in [-0.05, 0) is 73.1 Å². The molecule has 1 aliphatic heterocycles. The van der Waals surface area contributed by atoms with Crippen LogP contribution in [0.4, 0.5) is 10.5 Å². The van der Waals surface area contributed by atoms with Crippen molar-refractivity contribution in [1.82, 2.24) is 19.8 Å². The number of piperidine rings is 1. The average Bonchev–Trinajstić information content (AvgIpc) is 3.40. The third-order valence-corrected chi connectivity index (χ3v) is 10.2. The van der Waals surface area contributed by atoms with Crippen LogP contribution in [0.2, 0.25) is 5.02 Å². The Balaban J connectivity index is 0.00000255. The van der Waals surface area contributed by atoms with E-state index in [1.54, 1.807) is 6.07 Å². The van der Waals surface area contributed by atoms with Crippen LogP contribution in [-0.2, 0) is 19.9 Å². The molecule has 5 rings (SSSR count). The first-order valence-electron chi connectivity index (χ1n) is 17.1. The fourth-order valence-corrected chi connectivity index (χ4v) is 6.03. The third kappa shape index (κ3) is 8.27. The van der Waals surface area contributed by atoms with Crippen molar-refractivity contribution in [2.24, 2.45) is 18.4 Å². The molecule has 3 aromatic carbocycles. The standard InChI is InChI=1S/C37H45ClN6O2.C2H6/c1-23(2)37(4,5)34(39)26-13-10-25(11-14-26)12-17-32-41-30-22-27(15-16-31(30)43(32)6)35(45)44-20-18-28(19-21-44)40-36(46)42-29-9-7-8-24(3)33(29)38;1-2/h7-11,13-16,22-23,28,39H,12,17-21H2,1-6H3,(H2,40,42,46);1-2H3. The van der Waals surface area contributed by atoms with Gasteiger partial charge in [0.2, 0.25) is 0 Å². The minimum atomic E-state index is -0.295. The summed E-state index contributed by atoms with van der Waals surface area (Å²) in [5, 5.41) is 15.1. The molecule has 3 N–H and O–H groups in total. The third-order valence-electron chi connectivity index (χ3n) is 9.75. The number of carbonyl (C=O) groups excluding carboxylic acids is 2. The van der Waals surface area contributed by atoms with Gasteiger partial charge in [-0.3, -0.25) is 4.79 Å². The number of halogens is 1. The molecule has 0 aliphatic carbocycles. The van der Waals surface area contributed by atoms with Crippen molar-refractivity contribution in [2.75, 3.05) is 18.4 Å². The number of likely N-dealkylation sites (tertiary alicyclic amines) is 1. The monoisotopic (exact) mass is 670 g/mol. The molecule has 1 aromatic heterocycles. The number of urea groups is 1. The molecule has 0 saturated carbocycles. The fourth-order valence-electron chi connectivity index (χ4n) is 5.86. The number of rotatable bonds is 9. The van der Waals surface area contributed by atoms with Gasteiger partial charge in [0.15, 0.2) is 0 Å². The maximum Gasteiger partial charge on any atom is 0.319 e. The van der Waals surface area contributed by atoms with Crippen LogP contribution in [-0.4, -0.2) is 51.2 Å². The zero-order chi connectivity index (χ0) is 35.2. The Hall–Kier alpha value is -4.17. The molecule has 1 saturated heterocycles. The number of carbonyl (C=O) groups is 2. The number of amides is 3. The smallest absolute Gasteiger partial charge is 0.319 e. The van der Waals surface area contributed by atoms with E-state index in [0.29, 0.717) is 53.8 Å². The van der Waals surface area contributed by atoms with Crippen molar-refractivity contribution in [3.63, 3.8) is 0 Å². The second-order valence-corrected chi connectivity index (χ2v) is 13.7. The summed E-state index contributed by atoms with van der Waals surface area (Å²) in [5.41, 5.74) is 6.57. The second-order valence-electron chi connectivity index (χ2n) is 13.3. The largest absolute Gasteiger partial charge is 0.338 e. The minimum absolute atomic E-state index is 0.0187. The molecule has 3 amide bonds. The summed E-state index contributed by atoms with van der Waals surface area (Å²) < 4.78 is 2.10. The summed E-state index contributed by atoms with van der Waals surface area (Å²) in [6.45, 7) is 15.6. The Bertz CT molecular complexity index is 1750. The van der Waals surface area contributed by atoms with Crippen molar-refractivity contribution in [2.45, 2.75) is 80.2 Å². The molecule has 48 heavy (non-hydrogen) atoms. The summed E-state index contributed by atoms with van der Waals surface area (Å²) >= 11 is 6.31. The molecular formula is C39H51ClN6O2. The van der Waals surface area contributed by atoms with Gasteiger partial charge in [-0.25, -0.2) is 9.78 Å². The van der Waals surface area contributed by atoms with Crippen molar-refractivity contribution < 1.29 is 9.59 Å². The van der Waals surface area contributed by atoms with Crippen molar-refractivity contribution in [3.8, 4) is 0 Å². The predicted molar refractivity (Wildman–Crippen MR) is 199 cm³/mol. The maximum atomic E-state index is 13.4. The number of hydrogen-bond donors (Lipinski definition) is 3. The van der Waals surface area contributed by atoms with Gasteiger partial charge in [0, 0.05) is 49.3 Å². The number of nitrogens with one attached hydrogen (secondary N) is 3. The van der Waals surface area contributed by atoms with E-state index in [9.17, 15) is 9.59 Å². The van der Waals surface area contributed by atoms with Crippen molar-refractivity contribution in [1.29, 1.82) is 5.41 Å². The van der Waals surface area contributed by atoms with Gasteiger partial charge in [0.05, 0.1) is 21.7 Å². The molecule has 4 aromatic rings. The van der Waals surface area contributed by atoms with Gasteiger partial charge >= 0.3 is 6.03 Å². The first-order chi connectivity index (χ1) is 22.8. The number of fused-ring (bicyclic) bond motifs is 1. The van der Waals surface area contributed by atoms with E-state index in [4.69, 9.17) is 22.0 Å². The van der Waals surface area contributed by atoms with Crippen LogP contribution >= 0.6 is 11.6 Å². The molecule has 256 valence electrons. The van der Waals surface area contributed by atoms with Crippen LogP contribution < -0.4 is 10.6 Å². The van der Waals surface area contributed by atoms with Crippen LogP contribution in [0.1, 0.15) is 87.3 Å². The Morgan fingerprint density at radius 3 is 2.29 bits per heavy atom. The number of imidazole rings is 1. The average molecular weight is 671 g/mol. The molecule has 0 unspecified atom stereocenters. The first-order valence-corrected chi connectivity index (χ1v) is 17.5. The lowest BCUT2D eigenvalue weighted by Gasteiger charge is -2.32. The Labute approximate surface area is 290 Å². The molecular weight excluding hydrogens is 620 g/mol. The van der Waals surface area contributed by atoms with Gasteiger partial charge < -0.3 is 25.5 Å². The zero-order valence-electron chi connectivity index (χ0n) is 29.7. The van der Waals surface area contributed by atoms with E-state index in [2.05, 4.69) is 67.2 Å². The van der Waals surface area contributed by atoms with E-state index >= 15 is 0 Å². The quantitative estimate of drug-likeness (QED) is 0.155. The lowest BCUT2D eigenvalue weighted by atomic mass is 9.74. The number of benzene rings is 3. The Morgan fingerprint density at radius 1 is 1.00 bits per heavy atom. The highest BCUT2D eigenvalue weighted by molar-refractivity contribution is 6.34. The lowest BCUT2D eigenvalue weighted by Crippen LogP contribution is -2.47. The highest BCUT2D eigenvalue weighted by atomic mass is 35.5. The second kappa shape index (κ2) is 15.8. The van der Waals surface area contributed by atoms with Gasteiger partial charge in [-0.15, -0.1) is 0 Å². The van der Waals surface area contributed by atoms with E-state index in [-0.39, 0.29) is 23.4 Å². The topological polar surface area (TPSA) is 103 Å².